The zero-order valence-electron chi connectivity index (χ0n) is 29.6. The highest BCUT2D eigenvalue weighted by molar-refractivity contribution is 5.97. The van der Waals surface area contributed by atoms with Crippen molar-refractivity contribution in [1.82, 2.24) is 10.6 Å². The summed E-state index contributed by atoms with van der Waals surface area (Å²) in [5.41, 5.74) is 19.5. The summed E-state index contributed by atoms with van der Waals surface area (Å²) in [6.45, 7) is 7.60. The number of hydrogen-bond donors (Lipinski definition) is 3. The van der Waals surface area contributed by atoms with E-state index >= 15 is 0 Å². The average molecular weight is 656 g/mol. The van der Waals surface area contributed by atoms with E-state index < -0.39 is 0 Å². The molecule has 0 aromatic heterocycles. The van der Waals surface area contributed by atoms with Crippen LogP contribution in [0.3, 0.4) is 0 Å². The molecule has 4 aromatic carbocycles. The van der Waals surface area contributed by atoms with Gasteiger partial charge in [-0.05, 0) is 106 Å². The molecule has 0 heterocycles. The Bertz CT molecular complexity index is 2060. The maximum Gasteiger partial charge on any atom is 0.0504 e. The fourth-order valence-corrected chi connectivity index (χ4v) is 7.78. The molecular formula is C47H49N3. The third kappa shape index (κ3) is 7.11. The van der Waals surface area contributed by atoms with Crippen LogP contribution in [0.15, 0.2) is 157 Å². The zero-order valence-corrected chi connectivity index (χ0v) is 29.6. The molecular weight excluding hydrogens is 607 g/mol. The first-order chi connectivity index (χ1) is 24.5. The molecule has 0 spiro atoms. The summed E-state index contributed by atoms with van der Waals surface area (Å²) in [6.07, 6.45) is 23.8. The Morgan fingerprint density at radius 1 is 0.920 bits per heavy atom. The van der Waals surface area contributed by atoms with Gasteiger partial charge in [0.1, 0.15) is 0 Å². The molecule has 3 heteroatoms. The molecule has 50 heavy (non-hydrogen) atoms. The topological polar surface area (TPSA) is 50.1 Å². The molecule has 0 bridgehead atoms. The van der Waals surface area contributed by atoms with Gasteiger partial charge in [-0.15, -0.1) is 0 Å². The Morgan fingerprint density at radius 2 is 1.68 bits per heavy atom. The largest absolute Gasteiger partial charge is 0.381 e. The molecule has 0 saturated carbocycles. The number of nitrogens with one attached hydrogen (secondary N) is 2. The van der Waals surface area contributed by atoms with Gasteiger partial charge >= 0.3 is 0 Å². The van der Waals surface area contributed by atoms with E-state index in [1.165, 1.54) is 50.0 Å². The molecule has 4 unspecified atom stereocenters. The van der Waals surface area contributed by atoms with Crippen LogP contribution in [0, 0.1) is 11.8 Å². The lowest BCUT2D eigenvalue weighted by molar-refractivity contribution is 0.608. The van der Waals surface area contributed by atoms with Gasteiger partial charge in [0.05, 0.1) is 6.04 Å². The molecule has 0 amide bonds. The van der Waals surface area contributed by atoms with Crippen molar-refractivity contribution in [1.29, 1.82) is 0 Å². The summed E-state index contributed by atoms with van der Waals surface area (Å²) in [5.74, 6) is 1.15. The van der Waals surface area contributed by atoms with E-state index in [0.717, 1.165) is 42.6 Å². The monoisotopic (exact) mass is 655 g/mol. The smallest absolute Gasteiger partial charge is 0.0504 e. The van der Waals surface area contributed by atoms with Crippen molar-refractivity contribution in [3.8, 4) is 0 Å². The number of fused-ring (bicyclic) bond motifs is 3. The molecule has 4 atom stereocenters. The van der Waals surface area contributed by atoms with Crippen LogP contribution in [-0.4, -0.2) is 6.54 Å². The van der Waals surface area contributed by atoms with Crippen molar-refractivity contribution in [2.45, 2.75) is 52.0 Å². The fraction of sp³-hybridized carbons (Fsp3) is 0.234. The van der Waals surface area contributed by atoms with Crippen LogP contribution in [0.4, 0.5) is 0 Å². The normalized spacial score (nSPS) is 21.2. The highest BCUT2D eigenvalue weighted by Gasteiger charge is 2.28. The van der Waals surface area contributed by atoms with Gasteiger partial charge < -0.3 is 16.4 Å². The molecule has 4 aromatic rings. The highest BCUT2D eigenvalue weighted by Crippen LogP contribution is 2.45. The maximum atomic E-state index is 6.65. The lowest BCUT2D eigenvalue weighted by atomic mass is 9.74. The molecule has 3 aliphatic rings. The summed E-state index contributed by atoms with van der Waals surface area (Å²) in [4.78, 5) is 0. The van der Waals surface area contributed by atoms with Crippen molar-refractivity contribution < 1.29 is 0 Å². The molecule has 0 saturated heterocycles. The van der Waals surface area contributed by atoms with Gasteiger partial charge in [0.2, 0.25) is 0 Å². The third-order valence-electron chi connectivity index (χ3n) is 10.5. The van der Waals surface area contributed by atoms with Crippen LogP contribution in [0.25, 0.3) is 28.1 Å². The van der Waals surface area contributed by atoms with E-state index in [1.54, 1.807) is 0 Å². The van der Waals surface area contributed by atoms with Gasteiger partial charge in [0.15, 0.2) is 0 Å². The van der Waals surface area contributed by atoms with E-state index in [0.29, 0.717) is 17.8 Å². The Labute approximate surface area is 298 Å². The predicted molar refractivity (Wildman–Crippen MR) is 214 cm³/mol. The van der Waals surface area contributed by atoms with E-state index in [-0.39, 0.29) is 6.04 Å². The van der Waals surface area contributed by atoms with E-state index in [9.17, 15) is 0 Å². The molecule has 0 fully saturated rings. The minimum Gasteiger partial charge on any atom is -0.381 e. The Hall–Kier alpha value is -5.12. The van der Waals surface area contributed by atoms with Crippen molar-refractivity contribution in [2.24, 2.45) is 17.6 Å². The van der Waals surface area contributed by atoms with Crippen LogP contribution in [0.5, 0.6) is 0 Å². The molecule has 3 aliphatic carbocycles. The molecule has 252 valence electrons. The van der Waals surface area contributed by atoms with Crippen LogP contribution < -0.4 is 16.4 Å². The van der Waals surface area contributed by atoms with E-state index in [4.69, 9.17) is 5.73 Å². The first-order valence-corrected chi connectivity index (χ1v) is 18.2. The maximum absolute atomic E-state index is 6.65. The molecule has 3 nitrogen and oxygen atoms in total. The average Bonchev–Trinajstić information content (AvgIpc) is 3.16. The van der Waals surface area contributed by atoms with Crippen LogP contribution in [0.1, 0.15) is 79.8 Å². The van der Waals surface area contributed by atoms with Crippen LogP contribution in [-0.2, 0) is 0 Å². The van der Waals surface area contributed by atoms with Crippen molar-refractivity contribution >= 4 is 28.1 Å². The van der Waals surface area contributed by atoms with Gasteiger partial charge in [0.25, 0.3) is 0 Å². The van der Waals surface area contributed by atoms with Gasteiger partial charge in [-0.1, -0.05) is 141 Å². The van der Waals surface area contributed by atoms with Gasteiger partial charge in [-0.2, -0.15) is 0 Å². The summed E-state index contributed by atoms with van der Waals surface area (Å²) < 4.78 is 0. The second kappa shape index (κ2) is 15.2. The molecule has 0 aliphatic heterocycles. The standard InChI is InChI=1S/C47H49N3/c1-4-15-38-32(2)24-26-41-39-21-12-11-20-37(39)29-42(47(38)41)40-22-13-14-23-45(40)50-44-27-25-34(28-33(44)3)31-49-46(36-18-9-6-10-19-36)30-43(48)35-16-7-5-8-17-35/h4-12,14-21,23-27,29-30,32-33,38,43,49-50H,13,22,28,31,48H2,1-3H3/b15-4-,46-30-. The number of allylic oxidation sites excluding steroid dienone is 9. The molecule has 4 N–H and O–H groups in total. The Morgan fingerprint density at radius 3 is 2.46 bits per heavy atom. The molecule has 7 rings (SSSR count). The second-order valence-corrected chi connectivity index (χ2v) is 14.0. The second-order valence-electron chi connectivity index (χ2n) is 14.0. The minimum atomic E-state index is -0.194. The van der Waals surface area contributed by atoms with Gasteiger partial charge in [-0.25, -0.2) is 0 Å². The third-order valence-corrected chi connectivity index (χ3v) is 10.5. The van der Waals surface area contributed by atoms with E-state index in [2.05, 4.69) is 159 Å². The Balaban J connectivity index is 1.18. The van der Waals surface area contributed by atoms with Crippen molar-refractivity contribution in [3.63, 3.8) is 0 Å². The van der Waals surface area contributed by atoms with E-state index in [1.807, 2.05) is 18.2 Å². The first-order valence-electron chi connectivity index (χ1n) is 18.2. The van der Waals surface area contributed by atoms with Crippen molar-refractivity contribution in [3.05, 3.63) is 184 Å². The Kier molecular flexibility index (Phi) is 10.1. The summed E-state index contributed by atoms with van der Waals surface area (Å²) in [6, 6.07) is 31.9. The quantitative estimate of drug-likeness (QED) is 0.149. The first kappa shape index (κ1) is 33.4. The summed E-state index contributed by atoms with van der Waals surface area (Å²) in [7, 11) is 0. The number of nitrogens with two attached hydrogens (primary N) is 1. The number of benzene rings is 4. The SMILES string of the molecule is C/C=C\C1c2c(C3=C(NC4=CC=C(CN/C(=C\C(N)c5ccccc5)c5ccccc5)CC4C)C=CCC3)cc3ccccc3c2C=CC1C. The lowest BCUT2D eigenvalue weighted by Gasteiger charge is -2.32. The summed E-state index contributed by atoms with van der Waals surface area (Å²) >= 11 is 0. The highest BCUT2D eigenvalue weighted by atomic mass is 14.9. The zero-order chi connectivity index (χ0) is 34.5. The fourth-order valence-electron chi connectivity index (χ4n) is 7.78. The van der Waals surface area contributed by atoms with Crippen LogP contribution in [0.2, 0.25) is 0 Å². The lowest BCUT2D eigenvalue weighted by Crippen LogP contribution is -2.25. The minimum absolute atomic E-state index is 0.194. The molecule has 0 radical (unpaired) electrons. The van der Waals surface area contributed by atoms with Crippen molar-refractivity contribution in [2.75, 3.05) is 6.54 Å². The van der Waals surface area contributed by atoms with Gasteiger partial charge in [0, 0.05) is 29.6 Å². The number of hydrogen-bond acceptors (Lipinski definition) is 3. The summed E-state index contributed by atoms with van der Waals surface area (Å²) in [5, 5.41) is 10.3. The van der Waals surface area contributed by atoms with Crippen LogP contribution >= 0.6 is 0 Å². The predicted octanol–water partition coefficient (Wildman–Crippen LogP) is 11.0. The number of rotatable bonds is 10. The van der Waals surface area contributed by atoms with Gasteiger partial charge in [-0.3, -0.25) is 0 Å².